The highest BCUT2D eigenvalue weighted by atomic mass is 15.2. The van der Waals surface area contributed by atoms with Crippen molar-refractivity contribution >= 4 is 0 Å². The van der Waals surface area contributed by atoms with Crippen molar-refractivity contribution in [2.75, 3.05) is 26.2 Å². The molecule has 1 aliphatic rings. The molecule has 1 fully saturated rings. The van der Waals surface area contributed by atoms with Gasteiger partial charge in [0.25, 0.3) is 0 Å². The molecule has 0 aromatic heterocycles. The SMILES string of the molecule is C=CCN1CCNCC1C(c1ccccc1)c1ccccc1. The van der Waals surface area contributed by atoms with Crippen LogP contribution in [0.3, 0.4) is 0 Å². The zero-order valence-corrected chi connectivity index (χ0v) is 13.0. The molecule has 1 heterocycles. The summed E-state index contributed by atoms with van der Waals surface area (Å²) in [6.07, 6.45) is 2.02. The molecule has 3 rings (SSSR count). The van der Waals surface area contributed by atoms with Gasteiger partial charge in [-0.05, 0) is 11.1 Å². The van der Waals surface area contributed by atoms with E-state index in [-0.39, 0.29) is 0 Å². The monoisotopic (exact) mass is 292 g/mol. The van der Waals surface area contributed by atoms with Crippen LogP contribution in [0.4, 0.5) is 0 Å². The van der Waals surface area contributed by atoms with Crippen LogP contribution in [0.5, 0.6) is 0 Å². The highest BCUT2D eigenvalue weighted by Crippen LogP contribution is 2.31. The third kappa shape index (κ3) is 3.29. The van der Waals surface area contributed by atoms with E-state index >= 15 is 0 Å². The smallest absolute Gasteiger partial charge is 0.0333 e. The number of hydrogen-bond acceptors (Lipinski definition) is 2. The summed E-state index contributed by atoms with van der Waals surface area (Å²) < 4.78 is 0. The fourth-order valence-electron chi connectivity index (χ4n) is 3.45. The molecule has 1 unspecified atom stereocenters. The Balaban J connectivity index is 1.99. The molecule has 1 N–H and O–H groups in total. The fourth-order valence-corrected chi connectivity index (χ4v) is 3.45. The summed E-state index contributed by atoms with van der Waals surface area (Å²) in [5, 5.41) is 3.57. The van der Waals surface area contributed by atoms with E-state index in [0.717, 1.165) is 26.2 Å². The second kappa shape index (κ2) is 7.39. The second-order valence-corrected chi connectivity index (χ2v) is 5.85. The molecule has 1 saturated heterocycles. The van der Waals surface area contributed by atoms with Gasteiger partial charge in [0.05, 0.1) is 0 Å². The van der Waals surface area contributed by atoms with Crippen molar-refractivity contribution in [3.63, 3.8) is 0 Å². The van der Waals surface area contributed by atoms with Gasteiger partial charge in [-0.1, -0.05) is 66.7 Å². The lowest BCUT2D eigenvalue weighted by molar-refractivity contribution is 0.164. The Hall–Kier alpha value is -1.90. The third-order valence-corrected chi connectivity index (χ3v) is 4.46. The molecule has 1 atom stereocenters. The van der Waals surface area contributed by atoms with Crippen molar-refractivity contribution in [2.45, 2.75) is 12.0 Å². The van der Waals surface area contributed by atoms with Crippen LogP contribution in [0.2, 0.25) is 0 Å². The normalized spacial score (nSPS) is 19.2. The van der Waals surface area contributed by atoms with Gasteiger partial charge in [0.1, 0.15) is 0 Å². The predicted molar refractivity (Wildman–Crippen MR) is 93.2 cm³/mol. The van der Waals surface area contributed by atoms with Gasteiger partial charge in [0, 0.05) is 38.1 Å². The Labute approximate surface area is 133 Å². The van der Waals surface area contributed by atoms with Crippen LogP contribution in [0.15, 0.2) is 73.3 Å². The molecule has 114 valence electrons. The van der Waals surface area contributed by atoms with E-state index in [2.05, 4.69) is 77.5 Å². The lowest BCUT2D eigenvalue weighted by Crippen LogP contribution is -2.53. The topological polar surface area (TPSA) is 15.3 Å². The Bertz CT molecular complexity index is 540. The number of rotatable bonds is 5. The van der Waals surface area contributed by atoms with E-state index in [9.17, 15) is 0 Å². The van der Waals surface area contributed by atoms with Crippen LogP contribution >= 0.6 is 0 Å². The molecule has 0 amide bonds. The van der Waals surface area contributed by atoms with Crippen molar-refractivity contribution < 1.29 is 0 Å². The second-order valence-electron chi connectivity index (χ2n) is 5.85. The Morgan fingerprint density at radius 1 is 1.05 bits per heavy atom. The minimum Gasteiger partial charge on any atom is -0.314 e. The summed E-state index contributed by atoms with van der Waals surface area (Å²) in [7, 11) is 0. The Morgan fingerprint density at radius 3 is 2.18 bits per heavy atom. The minimum atomic E-state index is 0.384. The average molecular weight is 292 g/mol. The minimum absolute atomic E-state index is 0.384. The van der Waals surface area contributed by atoms with Gasteiger partial charge in [-0.2, -0.15) is 0 Å². The standard InChI is InChI=1S/C20H24N2/c1-2-14-22-15-13-21-16-19(22)20(17-9-5-3-6-10-17)18-11-7-4-8-12-18/h2-12,19-21H,1,13-16H2. The van der Waals surface area contributed by atoms with Crippen molar-refractivity contribution in [1.29, 1.82) is 0 Å². The first-order chi connectivity index (χ1) is 10.9. The van der Waals surface area contributed by atoms with E-state index in [1.807, 2.05) is 6.08 Å². The molecular weight excluding hydrogens is 268 g/mol. The van der Waals surface area contributed by atoms with Crippen molar-refractivity contribution in [2.24, 2.45) is 0 Å². The molecule has 22 heavy (non-hydrogen) atoms. The maximum Gasteiger partial charge on any atom is 0.0333 e. The van der Waals surface area contributed by atoms with Gasteiger partial charge in [-0.3, -0.25) is 4.90 Å². The maximum absolute atomic E-state index is 3.93. The molecule has 0 radical (unpaired) electrons. The molecule has 2 aromatic rings. The Morgan fingerprint density at radius 2 is 1.64 bits per heavy atom. The molecular formula is C20H24N2. The molecule has 0 spiro atoms. The van der Waals surface area contributed by atoms with Crippen LogP contribution in [-0.4, -0.2) is 37.1 Å². The van der Waals surface area contributed by atoms with E-state index in [0.29, 0.717) is 12.0 Å². The summed E-state index contributed by atoms with van der Waals surface area (Å²) in [5.41, 5.74) is 2.77. The first-order valence-electron chi connectivity index (χ1n) is 8.05. The van der Waals surface area contributed by atoms with Crippen molar-refractivity contribution in [3.8, 4) is 0 Å². The Kier molecular flexibility index (Phi) is 5.04. The third-order valence-electron chi connectivity index (χ3n) is 4.46. The molecule has 2 aromatic carbocycles. The number of hydrogen-bond donors (Lipinski definition) is 1. The van der Waals surface area contributed by atoms with Gasteiger partial charge in [-0.15, -0.1) is 6.58 Å². The van der Waals surface area contributed by atoms with Crippen LogP contribution in [0.25, 0.3) is 0 Å². The summed E-state index contributed by atoms with van der Waals surface area (Å²) in [5.74, 6) is 0.384. The number of piperazine rings is 1. The van der Waals surface area contributed by atoms with Gasteiger partial charge in [0.15, 0.2) is 0 Å². The fraction of sp³-hybridized carbons (Fsp3) is 0.300. The van der Waals surface area contributed by atoms with Gasteiger partial charge in [0.2, 0.25) is 0 Å². The van der Waals surface area contributed by atoms with Crippen molar-refractivity contribution in [1.82, 2.24) is 10.2 Å². The number of nitrogens with one attached hydrogen (secondary N) is 1. The number of benzene rings is 2. The van der Waals surface area contributed by atoms with E-state index < -0.39 is 0 Å². The van der Waals surface area contributed by atoms with Gasteiger partial charge >= 0.3 is 0 Å². The summed E-state index contributed by atoms with van der Waals surface area (Å²) >= 11 is 0. The highest BCUT2D eigenvalue weighted by Gasteiger charge is 2.31. The predicted octanol–water partition coefficient (Wildman–Crippen LogP) is 3.28. The molecule has 0 aliphatic carbocycles. The largest absolute Gasteiger partial charge is 0.314 e. The first kappa shape index (κ1) is 15.0. The lowest BCUT2D eigenvalue weighted by atomic mass is 9.83. The molecule has 0 saturated carbocycles. The van der Waals surface area contributed by atoms with Crippen LogP contribution in [0, 0.1) is 0 Å². The van der Waals surface area contributed by atoms with Crippen molar-refractivity contribution in [3.05, 3.63) is 84.4 Å². The van der Waals surface area contributed by atoms with Gasteiger partial charge < -0.3 is 5.32 Å². The van der Waals surface area contributed by atoms with E-state index in [1.165, 1.54) is 11.1 Å². The average Bonchev–Trinajstić information content (AvgIpc) is 2.59. The van der Waals surface area contributed by atoms with E-state index in [1.54, 1.807) is 0 Å². The zero-order chi connectivity index (χ0) is 15.2. The summed E-state index contributed by atoms with van der Waals surface area (Å²) in [4.78, 5) is 2.55. The first-order valence-corrected chi connectivity index (χ1v) is 8.05. The maximum atomic E-state index is 3.93. The zero-order valence-electron chi connectivity index (χ0n) is 13.0. The van der Waals surface area contributed by atoms with Crippen LogP contribution in [-0.2, 0) is 0 Å². The number of nitrogens with zero attached hydrogens (tertiary/aromatic N) is 1. The quantitative estimate of drug-likeness (QED) is 0.851. The highest BCUT2D eigenvalue weighted by molar-refractivity contribution is 5.34. The molecule has 2 heteroatoms. The molecule has 1 aliphatic heterocycles. The van der Waals surface area contributed by atoms with E-state index in [4.69, 9.17) is 0 Å². The summed E-state index contributed by atoms with van der Waals surface area (Å²) in [6.45, 7) is 8.03. The van der Waals surface area contributed by atoms with Crippen LogP contribution < -0.4 is 5.32 Å². The molecule has 0 bridgehead atoms. The summed E-state index contributed by atoms with van der Waals surface area (Å²) in [6, 6.07) is 22.2. The molecule has 2 nitrogen and oxygen atoms in total. The van der Waals surface area contributed by atoms with Gasteiger partial charge in [-0.25, -0.2) is 0 Å². The lowest BCUT2D eigenvalue weighted by Gasteiger charge is -2.40. The van der Waals surface area contributed by atoms with Crippen LogP contribution in [0.1, 0.15) is 17.0 Å².